The minimum Gasteiger partial charge on any atom is -0.372 e. The van der Waals surface area contributed by atoms with E-state index in [2.05, 4.69) is 25.9 Å². The van der Waals surface area contributed by atoms with Gasteiger partial charge in [-0.2, -0.15) is 0 Å². The van der Waals surface area contributed by atoms with E-state index in [9.17, 15) is 4.79 Å². The Morgan fingerprint density at radius 1 is 1.40 bits per heavy atom. The molecule has 0 saturated carbocycles. The number of imidazole rings is 1. The van der Waals surface area contributed by atoms with Crippen molar-refractivity contribution >= 4 is 23.2 Å². The third kappa shape index (κ3) is 2.66. The highest BCUT2D eigenvalue weighted by Crippen LogP contribution is 2.20. The van der Waals surface area contributed by atoms with E-state index in [0.717, 1.165) is 11.5 Å². The molecular weight excluding hydrogens is 256 g/mol. The Hall–Kier alpha value is -2.31. The van der Waals surface area contributed by atoms with Crippen LogP contribution in [0.25, 0.3) is 5.65 Å². The topological polar surface area (TPSA) is 83.3 Å². The third-order valence-corrected chi connectivity index (χ3v) is 3.17. The number of hydrogen-bond acceptors (Lipinski definition) is 5. The fourth-order valence-corrected chi connectivity index (χ4v) is 1.89. The van der Waals surface area contributed by atoms with Crippen LogP contribution in [-0.2, 0) is 4.79 Å². The third-order valence-electron chi connectivity index (χ3n) is 3.17. The predicted molar refractivity (Wildman–Crippen MR) is 78.9 cm³/mol. The Morgan fingerprint density at radius 3 is 2.80 bits per heavy atom. The summed E-state index contributed by atoms with van der Waals surface area (Å²) in [6.07, 6.45) is 5.43. The van der Waals surface area contributed by atoms with Crippen LogP contribution in [-0.4, -0.2) is 40.9 Å². The van der Waals surface area contributed by atoms with E-state index in [1.807, 2.05) is 37.7 Å². The summed E-state index contributed by atoms with van der Waals surface area (Å²) < 4.78 is 1.88. The summed E-state index contributed by atoms with van der Waals surface area (Å²) >= 11 is 0. The first kappa shape index (κ1) is 14.1. The van der Waals surface area contributed by atoms with Gasteiger partial charge in [0.2, 0.25) is 5.91 Å². The fraction of sp³-hybridized carbons (Fsp3) is 0.462. The first-order valence-electron chi connectivity index (χ1n) is 6.45. The number of carbonyl (C=O) groups is 1. The molecule has 0 bridgehead atoms. The summed E-state index contributed by atoms with van der Waals surface area (Å²) in [6.45, 7) is 4.22. The van der Waals surface area contributed by atoms with Crippen LogP contribution < -0.4 is 16.0 Å². The second kappa shape index (κ2) is 5.36. The lowest BCUT2D eigenvalue weighted by Gasteiger charge is -2.23. The molecule has 0 aliphatic rings. The van der Waals surface area contributed by atoms with E-state index >= 15 is 0 Å². The summed E-state index contributed by atoms with van der Waals surface area (Å²) in [7, 11) is 3.44. The number of fused-ring (bicyclic) bond motifs is 1. The molecule has 3 N–H and O–H groups in total. The summed E-state index contributed by atoms with van der Waals surface area (Å²) in [5.41, 5.74) is 0.201. The van der Waals surface area contributed by atoms with E-state index in [-0.39, 0.29) is 5.91 Å². The highest BCUT2D eigenvalue weighted by Gasteiger charge is 2.26. The van der Waals surface area contributed by atoms with E-state index in [1.165, 1.54) is 0 Å². The standard InChI is InChI=1S/C13H20N6O/c1-13(2,12(20)15-4)8-17-10-11-16-5-6-19(11)7-9(14-3)18-10/h5-7,14H,8H2,1-4H3,(H,15,20)(H,17,18). The van der Waals surface area contributed by atoms with Gasteiger partial charge in [0, 0.05) is 33.0 Å². The molecule has 1 amide bonds. The summed E-state index contributed by atoms with van der Waals surface area (Å²) in [5, 5.41) is 8.87. The van der Waals surface area contributed by atoms with Crippen LogP contribution in [0.5, 0.6) is 0 Å². The Bertz CT molecular complexity index is 618. The molecule has 0 atom stereocenters. The first-order chi connectivity index (χ1) is 9.47. The molecule has 0 fully saturated rings. The molecule has 2 rings (SSSR count). The monoisotopic (exact) mass is 276 g/mol. The number of anilines is 2. The van der Waals surface area contributed by atoms with Crippen molar-refractivity contribution in [2.75, 3.05) is 31.3 Å². The molecule has 2 aromatic heterocycles. The van der Waals surface area contributed by atoms with Crippen molar-refractivity contribution in [2.45, 2.75) is 13.8 Å². The lowest BCUT2D eigenvalue weighted by atomic mass is 9.92. The zero-order chi connectivity index (χ0) is 14.8. The molecule has 0 aliphatic carbocycles. The molecule has 0 spiro atoms. The number of hydrogen-bond donors (Lipinski definition) is 3. The highest BCUT2D eigenvalue weighted by atomic mass is 16.2. The maximum absolute atomic E-state index is 11.8. The normalized spacial score (nSPS) is 11.4. The Labute approximate surface area is 117 Å². The molecule has 0 aliphatic heterocycles. The van der Waals surface area contributed by atoms with Gasteiger partial charge >= 0.3 is 0 Å². The summed E-state index contributed by atoms with van der Waals surface area (Å²) in [4.78, 5) is 20.5. The van der Waals surface area contributed by atoms with Gasteiger partial charge in [-0.3, -0.25) is 4.79 Å². The van der Waals surface area contributed by atoms with Crippen LogP contribution in [0.15, 0.2) is 18.6 Å². The zero-order valence-corrected chi connectivity index (χ0v) is 12.2. The Morgan fingerprint density at radius 2 is 2.15 bits per heavy atom. The van der Waals surface area contributed by atoms with E-state index in [1.54, 1.807) is 13.2 Å². The maximum atomic E-state index is 11.8. The maximum Gasteiger partial charge on any atom is 0.227 e. The second-order valence-corrected chi connectivity index (χ2v) is 5.20. The zero-order valence-electron chi connectivity index (χ0n) is 12.2. The summed E-state index contributed by atoms with van der Waals surface area (Å²) in [5.74, 6) is 1.36. The molecule has 0 saturated heterocycles. The number of aromatic nitrogens is 3. The van der Waals surface area contributed by atoms with Crippen LogP contribution in [0.1, 0.15) is 13.8 Å². The van der Waals surface area contributed by atoms with Gasteiger partial charge in [0.25, 0.3) is 0 Å². The molecular formula is C13H20N6O. The average molecular weight is 276 g/mol. The largest absolute Gasteiger partial charge is 0.372 e. The van der Waals surface area contributed by atoms with Gasteiger partial charge in [-0.05, 0) is 13.8 Å². The van der Waals surface area contributed by atoms with Crippen molar-refractivity contribution < 1.29 is 4.79 Å². The highest BCUT2D eigenvalue weighted by molar-refractivity contribution is 5.82. The lowest BCUT2D eigenvalue weighted by molar-refractivity contribution is -0.128. The van der Waals surface area contributed by atoms with Gasteiger partial charge in [-0.1, -0.05) is 0 Å². The first-order valence-corrected chi connectivity index (χ1v) is 6.45. The second-order valence-electron chi connectivity index (χ2n) is 5.20. The number of carbonyl (C=O) groups excluding carboxylic acids is 1. The Kier molecular flexibility index (Phi) is 3.78. The average Bonchev–Trinajstić information content (AvgIpc) is 2.91. The Balaban J connectivity index is 2.25. The number of rotatable bonds is 5. The minimum absolute atomic E-state index is 0.0193. The molecule has 2 heterocycles. The SMILES string of the molecule is CNC(=O)C(C)(C)CNc1nc(NC)cn2ccnc12. The quantitative estimate of drug-likeness (QED) is 0.757. The summed E-state index contributed by atoms with van der Waals surface area (Å²) in [6, 6.07) is 0. The van der Waals surface area contributed by atoms with Crippen LogP contribution in [0.4, 0.5) is 11.6 Å². The van der Waals surface area contributed by atoms with Crippen molar-refractivity contribution in [2.24, 2.45) is 5.41 Å². The van der Waals surface area contributed by atoms with Crippen molar-refractivity contribution in [3.63, 3.8) is 0 Å². The number of nitrogens with one attached hydrogen (secondary N) is 3. The fourth-order valence-electron chi connectivity index (χ4n) is 1.89. The molecule has 7 nitrogen and oxygen atoms in total. The molecule has 20 heavy (non-hydrogen) atoms. The van der Waals surface area contributed by atoms with E-state index < -0.39 is 5.41 Å². The van der Waals surface area contributed by atoms with Gasteiger partial charge in [0.1, 0.15) is 5.82 Å². The molecule has 0 unspecified atom stereocenters. The van der Waals surface area contributed by atoms with Gasteiger partial charge < -0.3 is 20.4 Å². The van der Waals surface area contributed by atoms with Gasteiger partial charge in [0.05, 0.1) is 11.6 Å². The van der Waals surface area contributed by atoms with Gasteiger partial charge in [-0.25, -0.2) is 9.97 Å². The van der Waals surface area contributed by atoms with Gasteiger partial charge in [-0.15, -0.1) is 0 Å². The lowest BCUT2D eigenvalue weighted by Crippen LogP contribution is -2.39. The predicted octanol–water partition coefficient (Wildman–Crippen LogP) is 0.955. The van der Waals surface area contributed by atoms with Crippen LogP contribution >= 0.6 is 0 Å². The molecule has 0 aromatic carbocycles. The molecule has 0 radical (unpaired) electrons. The van der Waals surface area contributed by atoms with E-state index in [4.69, 9.17) is 0 Å². The van der Waals surface area contributed by atoms with Gasteiger partial charge in [0.15, 0.2) is 11.5 Å². The molecule has 108 valence electrons. The van der Waals surface area contributed by atoms with Crippen LogP contribution in [0.3, 0.4) is 0 Å². The van der Waals surface area contributed by atoms with Crippen molar-refractivity contribution in [3.8, 4) is 0 Å². The van der Waals surface area contributed by atoms with Crippen LogP contribution in [0.2, 0.25) is 0 Å². The smallest absolute Gasteiger partial charge is 0.227 e. The number of amides is 1. The molecule has 7 heteroatoms. The van der Waals surface area contributed by atoms with E-state index in [0.29, 0.717) is 12.4 Å². The van der Waals surface area contributed by atoms with Crippen molar-refractivity contribution in [1.82, 2.24) is 19.7 Å². The number of nitrogens with zero attached hydrogens (tertiary/aromatic N) is 3. The van der Waals surface area contributed by atoms with Crippen molar-refractivity contribution in [1.29, 1.82) is 0 Å². The van der Waals surface area contributed by atoms with Crippen molar-refractivity contribution in [3.05, 3.63) is 18.6 Å². The minimum atomic E-state index is -0.532. The van der Waals surface area contributed by atoms with Crippen LogP contribution in [0, 0.1) is 5.41 Å². The molecule has 2 aromatic rings.